The Balaban J connectivity index is 1.90. The first-order valence-electron chi connectivity index (χ1n) is 4.01. The zero-order valence-electron chi connectivity index (χ0n) is 6.30. The normalized spacial score (nSPS) is 41.7. The number of piperidine rings is 1. The van der Waals surface area contributed by atoms with Gasteiger partial charge < -0.3 is 4.90 Å². The largest absolute Gasteiger partial charge is 0.300 e. The molecule has 1 heterocycles. The maximum absolute atomic E-state index is 2.60. The van der Waals surface area contributed by atoms with Gasteiger partial charge in [-0.2, -0.15) is 0 Å². The number of fused-ring (bicyclic) bond motifs is 1. The molecule has 0 spiro atoms. The Hall–Kier alpha value is -0.0400. The van der Waals surface area contributed by atoms with Gasteiger partial charge in [-0.15, -0.1) is 0 Å². The van der Waals surface area contributed by atoms with Crippen LogP contribution in [0, 0.1) is 11.8 Å². The monoisotopic (exact) mass is 125 g/mol. The molecular formula is C8H15N. The van der Waals surface area contributed by atoms with Crippen molar-refractivity contribution in [2.75, 3.05) is 13.1 Å². The highest BCUT2D eigenvalue weighted by Crippen LogP contribution is 2.45. The first kappa shape index (κ1) is 5.72. The van der Waals surface area contributed by atoms with Crippen molar-refractivity contribution in [3.8, 4) is 0 Å². The Morgan fingerprint density at radius 3 is 2.11 bits per heavy atom. The van der Waals surface area contributed by atoms with E-state index in [1.165, 1.54) is 19.5 Å². The lowest BCUT2D eigenvalue weighted by molar-refractivity contribution is 0.248. The molecule has 0 bridgehead atoms. The lowest BCUT2D eigenvalue weighted by Gasteiger charge is -2.21. The highest BCUT2D eigenvalue weighted by molar-refractivity contribution is 4.97. The van der Waals surface area contributed by atoms with E-state index >= 15 is 0 Å². The molecule has 2 fully saturated rings. The van der Waals surface area contributed by atoms with Gasteiger partial charge in [-0.05, 0) is 32.1 Å². The summed E-state index contributed by atoms with van der Waals surface area (Å²) in [5.74, 6) is 2.21. The Morgan fingerprint density at radius 2 is 1.78 bits per heavy atom. The third-order valence-electron chi connectivity index (χ3n) is 2.74. The Morgan fingerprint density at radius 1 is 1.22 bits per heavy atom. The second kappa shape index (κ2) is 1.72. The van der Waals surface area contributed by atoms with E-state index < -0.39 is 0 Å². The third kappa shape index (κ3) is 0.877. The molecule has 0 amide bonds. The minimum atomic E-state index is 0.790. The highest BCUT2D eigenvalue weighted by atomic mass is 15.2. The minimum absolute atomic E-state index is 0.790. The van der Waals surface area contributed by atoms with Gasteiger partial charge in [0.15, 0.2) is 0 Å². The summed E-state index contributed by atoms with van der Waals surface area (Å²) in [6.45, 7) is 7.38. The molecule has 2 rings (SSSR count). The third-order valence-corrected chi connectivity index (χ3v) is 2.74. The first-order valence-corrected chi connectivity index (χ1v) is 4.01. The molecule has 0 N–H and O–H groups in total. The van der Waals surface area contributed by atoms with Crippen LogP contribution in [0.25, 0.3) is 0 Å². The van der Waals surface area contributed by atoms with Gasteiger partial charge in [0.1, 0.15) is 0 Å². The van der Waals surface area contributed by atoms with Crippen LogP contribution in [0.3, 0.4) is 0 Å². The van der Waals surface area contributed by atoms with E-state index in [1.807, 2.05) is 0 Å². The van der Waals surface area contributed by atoms with E-state index in [0.29, 0.717) is 0 Å². The van der Waals surface area contributed by atoms with Crippen LogP contribution in [0.1, 0.15) is 20.3 Å². The Labute approximate surface area is 57.0 Å². The minimum Gasteiger partial charge on any atom is -0.300 e. The zero-order chi connectivity index (χ0) is 6.43. The summed E-state index contributed by atoms with van der Waals surface area (Å²) in [7, 11) is 0. The van der Waals surface area contributed by atoms with Crippen LogP contribution in [0.5, 0.6) is 0 Å². The SMILES string of the molecule is CC(C)N1CC2C[C@@H]2C1. The van der Waals surface area contributed by atoms with Crippen molar-refractivity contribution in [3.05, 3.63) is 0 Å². The van der Waals surface area contributed by atoms with Crippen LogP contribution in [0.4, 0.5) is 0 Å². The van der Waals surface area contributed by atoms with Crippen molar-refractivity contribution in [1.82, 2.24) is 4.90 Å². The van der Waals surface area contributed by atoms with Crippen LogP contribution in [0.2, 0.25) is 0 Å². The van der Waals surface area contributed by atoms with E-state index in [4.69, 9.17) is 0 Å². The molecule has 1 heteroatoms. The van der Waals surface area contributed by atoms with E-state index in [1.54, 1.807) is 0 Å². The number of hydrogen-bond acceptors (Lipinski definition) is 1. The topological polar surface area (TPSA) is 3.24 Å². The summed E-state index contributed by atoms with van der Waals surface area (Å²) in [5.41, 5.74) is 0. The number of nitrogens with zero attached hydrogens (tertiary/aromatic N) is 1. The van der Waals surface area contributed by atoms with Gasteiger partial charge in [-0.25, -0.2) is 0 Å². The lowest BCUT2D eigenvalue weighted by Crippen LogP contribution is -2.29. The summed E-state index contributed by atoms with van der Waals surface area (Å²) in [6.07, 6.45) is 1.53. The van der Waals surface area contributed by atoms with E-state index in [-0.39, 0.29) is 0 Å². The molecule has 0 aromatic carbocycles. The lowest BCUT2D eigenvalue weighted by atomic mass is 10.3. The summed E-state index contributed by atoms with van der Waals surface area (Å²) in [6, 6.07) is 0.790. The molecule has 0 aromatic rings. The highest BCUT2D eigenvalue weighted by Gasteiger charge is 2.45. The molecule has 0 aromatic heterocycles. The van der Waals surface area contributed by atoms with Gasteiger partial charge in [0.05, 0.1) is 0 Å². The molecule has 1 saturated carbocycles. The van der Waals surface area contributed by atoms with Crippen LogP contribution in [-0.4, -0.2) is 24.0 Å². The van der Waals surface area contributed by atoms with Crippen molar-refractivity contribution in [3.63, 3.8) is 0 Å². The van der Waals surface area contributed by atoms with Crippen LogP contribution < -0.4 is 0 Å². The molecule has 1 saturated heterocycles. The summed E-state index contributed by atoms with van der Waals surface area (Å²) >= 11 is 0. The smallest absolute Gasteiger partial charge is 0.00388 e. The first-order chi connectivity index (χ1) is 4.27. The maximum Gasteiger partial charge on any atom is 0.00388 e. The molecule has 0 radical (unpaired) electrons. The molecule has 2 aliphatic rings. The summed E-state index contributed by atoms with van der Waals surface area (Å²) in [5, 5.41) is 0. The van der Waals surface area contributed by atoms with Gasteiger partial charge in [0, 0.05) is 19.1 Å². The van der Waals surface area contributed by atoms with Crippen molar-refractivity contribution in [2.24, 2.45) is 11.8 Å². The van der Waals surface area contributed by atoms with Gasteiger partial charge >= 0.3 is 0 Å². The maximum atomic E-state index is 2.60. The van der Waals surface area contributed by atoms with E-state index in [0.717, 1.165) is 17.9 Å². The fourth-order valence-corrected chi connectivity index (χ4v) is 1.86. The molecule has 52 valence electrons. The average molecular weight is 125 g/mol. The van der Waals surface area contributed by atoms with Gasteiger partial charge in [-0.1, -0.05) is 0 Å². The quantitative estimate of drug-likeness (QED) is 0.511. The summed E-state index contributed by atoms with van der Waals surface area (Å²) < 4.78 is 0. The molecule has 1 aliphatic heterocycles. The van der Waals surface area contributed by atoms with E-state index in [2.05, 4.69) is 18.7 Å². The van der Waals surface area contributed by atoms with Crippen molar-refractivity contribution < 1.29 is 0 Å². The standard InChI is InChI=1S/C8H15N/c1-6(2)9-4-7-3-8(7)5-9/h6-8H,3-5H2,1-2H3/t7-,8?/m1/s1. The predicted molar refractivity (Wildman–Crippen MR) is 38.3 cm³/mol. The van der Waals surface area contributed by atoms with Crippen LogP contribution in [0.15, 0.2) is 0 Å². The van der Waals surface area contributed by atoms with Crippen molar-refractivity contribution in [2.45, 2.75) is 26.3 Å². The fourth-order valence-electron chi connectivity index (χ4n) is 1.86. The second-order valence-electron chi connectivity index (χ2n) is 3.80. The number of hydrogen-bond donors (Lipinski definition) is 0. The molecule has 2 atom stereocenters. The second-order valence-corrected chi connectivity index (χ2v) is 3.80. The number of likely N-dealkylation sites (tertiary alicyclic amines) is 1. The van der Waals surface area contributed by atoms with Crippen LogP contribution >= 0.6 is 0 Å². The molecule has 1 unspecified atom stereocenters. The molecule has 1 nitrogen and oxygen atoms in total. The Kier molecular flexibility index (Phi) is 1.10. The number of rotatable bonds is 1. The van der Waals surface area contributed by atoms with Crippen molar-refractivity contribution in [1.29, 1.82) is 0 Å². The Bertz CT molecular complexity index is 110. The average Bonchev–Trinajstić information content (AvgIpc) is 2.40. The van der Waals surface area contributed by atoms with Crippen LogP contribution in [-0.2, 0) is 0 Å². The zero-order valence-corrected chi connectivity index (χ0v) is 6.30. The molecule has 1 aliphatic carbocycles. The predicted octanol–water partition coefficient (Wildman–Crippen LogP) is 1.35. The fraction of sp³-hybridized carbons (Fsp3) is 1.00. The van der Waals surface area contributed by atoms with Gasteiger partial charge in [0.2, 0.25) is 0 Å². The van der Waals surface area contributed by atoms with Crippen molar-refractivity contribution >= 4 is 0 Å². The van der Waals surface area contributed by atoms with Gasteiger partial charge in [-0.3, -0.25) is 0 Å². The summed E-state index contributed by atoms with van der Waals surface area (Å²) in [4.78, 5) is 2.60. The van der Waals surface area contributed by atoms with Gasteiger partial charge in [0.25, 0.3) is 0 Å². The van der Waals surface area contributed by atoms with E-state index in [9.17, 15) is 0 Å². The molecule has 9 heavy (non-hydrogen) atoms. The molecular weight excluding hydrogens is 110 g/mol.